The van der Waals surface area contributed by atoms with E-state index in [2.05, 4.69) is 5.10 Å². The minimum Gasteiger partial charge on any atom is -0.497 e. The quantitative estimate of drug-likeness (QED) is 0.721. The molecule has 3 aromatic rings. The van der Waals surface area contributed by atoms with Gasteiger partial charge in [0.15, 0.2) is 0 Å². The van der Waals surface area contributed by atoms with Gasteiger partial charge in [0.05, 0.1) is 24.1 Å². The molecule has 25 heavy (non-hydrogen) atoms. The minimum atomic E-state index is -0.982. The zero-order valence-electron chi connectivity index (χ0n) is 14.0. The summed E-state index contributed by atoms with van der Waals surface area (Å²) in [6, 6.07) is 16.7. The van der Waals surface area contributed by atoms with Crippen LogP contribution in [-0.2, 0) is 4.79 Å². The van der Waals surface area contributed by atoms with Crippen LogP contribution in [0.3, 0.4) is 0 Å². The number of hydrogen-bond acceptors (Lipinski definition) is 3. The van der Waals surface area contributed by atoms with E-state index in [0.29, 0.717) is 11.3 Å². The van der Waals surface area contributed by atoms with Crippen molar-refractivity contribution < 1.29 is 14.6 Å². The van der Waals surface area contributed by atoms with Gasteiger partial charge < -0.3 is 9.84 Å². The minimum absolute atomic E-state index is 0.212. The highest BCUT2D eigenvalue weighted by Crippen LogP contribution is 2.20. The lowest BCUT2D eigenvalue weighted by Gasteiger charge is -2.04. The molecule has 0 bridgehead atoms. The molecule has 126 valence electrons. The molecule has 0 radical (unpaired) electrons. The van der Waals surface area contributed by atoms with Crippen LogP contribution in [0, 0.1) is 6.92 Å². The smallest absolute Gasteiger partial charge is 0.336 e. The maximum atomic E-state index is 11.6. The number of nitrogens with zero attached hydrogens (tertiary/aromatic N) is 2. The van der Waals surface area contributed by atoms with Crippen molar-refractivity contribution in [1.29, 1.82) is 0 Å². The Balaban J connectivity index is 1.94. The van der Waals surface area contributed by atoms with Crippen LogP contribution in [0.2, 0.25) is 0 Å². The van der Waals surface area contributed by atoms with Gasteiger partial charge in [-0.1, -0.05) is 29.8 Å². The molecule has 0 amide bonds. The van der Waals surface area contributed by atoms with Crippen LogP contribution in [0.4, 0.5) is 0 Å². The Morgan fingerprint density at radius 3 is 2.56 bits per heavy atom. The summed E-state index contributed by atoms with van der Waals surface area (Å²) < 4.78 is 6.84. The summed E-state index contributed by atoms with van der Waals surface area (Å²) in [6.45, 7) is 1.93. The molecule has 2 aromatic carbocycles. The predicted molar refractivity (Wildman–Crippen MR) is 96.8 cm³/mol. The Kier molecular flexibility index (Phi) is 4.66. The van der Waals surface area contributed by atoms with Crippen molar-refractivity contribution in [1.82, 2.24) is 9.78 Å². The summed E-state index contributed by atoms with van der Waals surface area (Å²) in [5.41, 5.74) is 3.33. The number of aliphatic carboxylic acids is 1. The monoisotopic (exact) mass is 334 g/mol. The van der Waals surface area contributed by atoms with Crippen LogP contribution in [0.5, 0.6) is 5.75 Å². The van der Waals surface area contributed by atoms with E-state index in [-0.39, 0.29) is 5.57 Å². The van der Waals surface area contributed by atoms with E-state index >= 15 is 0 Å². The van der Waals surface area contributed by atoms with Gasteiger partial charge in [0.2, 0.25) is 0 Å². The first-order valence-corrected chi connectivity index (χ1v) is 7.79. The fourth-order valence-corrected chi connectivity index (χ4v) is 2.52. The molecule has 0 aliphatic heterocycles. The van der Waals surface area contributed by atoms with Crippen molar-refractivity contribution in [2.75, 3.05) is 7.11 Å². The fourth-order valence-electron chi connectivity index (χ4n) is 2.52. The first kappa shape index (κ1) is 16.5. The molecular formula is C20H18N2O3. The summed E-state index contributed by atoms with van der Waals surface area (Å²) in [4.78, 5) is 11.6. The molecule has 0 unspecified atom stereocenters. The molecule has 1 aromatic heterocycles. The van der Waals surface area contributed by atoms with Crippen LogP contribution < -0.4 is 4.74 Å². The van der Waals surface area contributed by atoms with Gasteiger partial charge in [0.1, 0.15) is 5.75 Å². The lowest BCUT2D eigenvalue weighted by Crippen LogP contribution is -2.00. The standard InChI is InChI=1S/C20H18N2O3/c1-14-4-3-5-15(12-14)19(20(23)24)13-16-10-11-22(21-16)17-6-8-18(25-2)9-7-17/h3-13H,1-2H3,(H,23,24)/b19-13-. The average molecular weight is 334 g/mol. The van der Waals surface area contributed by atoms with Crippen LogP contribution in [0.1, 0.15) is 16.8 Å². The Hall–Kier alpha value is -3.34. The lowest BCUT2D eigenvalue weighted by molar-refractivity contribution is -0.130. The van der Waals surface area contributed by atoms with Crippen LogP contribution in [0.15, 0.2) is 60.8 Å². The second-order valence-corrected chi connectivity index (χ2v) is 5.62. The first-order chi connectivity index (χ1) is 12.1. The van der Waals surface area contributed by atoms with Crippen molar-refractivity contribution in [2.24, 2.45) is 0 Å². The second kappa shape index (κ2) is 7.05. The third-order valence-electron chi connectivity index (χ3n) is 3.80. The third-order valence-corrected chi connectivity index (χ3v) is 3.80. The molecule has 3 rings (SSSR count). The van der Waals surface area contributed by atoms with E-state index in [1.165, 1.54) is 0 Å². The van der Waals surface area contributed by atoms with Gasteiger partial charge in [-0.05, 0) is 48.9 Å². The molecule has 1 heterocycles. The number of hydrogen-bond donors (Lipinski definition) is 1. The highest BCUT2D eigenvalue weighted by Gasteiger charge is 2.12. The van der Waals surface area contributed by atoms with Crippen molar-refractivity contribution in [3.05, 3.63) is 77.6 Å². The zero-order valence-corrected chi connectivity index (χ0v) is 14.0. The maximum absolute atomic E-state index is 11.6. The number of carboxylic acids is 1. The largest absolute Gasteiger partial charge is 0.497 e. The van der Waals surface area contributed by atoms with Crippen molar-refractivity contribution >= 4 is 17.6 Å². The van der Waals surface area contributed by atoms with E-state index in [0.717, 1.165) is 17.0 Å². The molecule has 0 atom stereocenters. The van der Waals surface area contributed by atoms with Gasteiger partial charge in [0, 0.05) is 6.20 Å². The first-order valence-electron chi connectivity index (χ1n) is 7.79. The molecule has 1 N–H and O–H groups in total. The molecule has 0 aliphatic carbocycles. The molecule has 0 fully saturated rings. The number of benzene rings is 2. The molecular weight excluding hydrogens is 316 g/mol. The van der Waals surface area contributed by atoms with Gasteiger partial charge >= 0.3 is 5.97 Å². The zero-order chi connectivity index (χ0) is 17.8. The van der Waals surface area contributed by atoms with Gasteiger partial charge in [-0.3, -0.25) is 0 Å². The summed E-state index contributed by atoms with van der Waals surface area (Å²) in [5.74, 6) is -0.215. The Morgan fingerprint density at radius 2 is 1.92 bits per heavy atom. The number of ether oxygens (including phenoxy) is 1. The van der Waals surface area contributed by atoms with E-state index in [1.54, 1.807) is 36.2 Å². The summed E-state index contributed by atoms with van der Waals surface area (Å²) >= 11 is 0. The summed E-state index contributed by atoms with van der Waals surface area (Å²) in [5, 5.41) is 14.0. The van der Waals surface area contributed by atoms with E-state index in [1.807, 2.05) is 49.4 Å². The second-order valence-electron chi connectivity index (χ2n) is 5.62. The van der Waals surface area contributed by atoms with Crippen LogP contribution in [0.25, 0.3) is 17.3 Å². The van der Waals surface area contributed by atoms with Gasteiger partial charge in [-0.15, -0.1) is 0 Å². The average Bonchev–Trinajstić information content (AvgIpc) is 3.08. The lowest BCUT2D eigenvalue weighted by atomic mass is 10.0. The topological polar surface area (TPSA) is 64.3 Å². The fraction of sp³-hybridized carbons (Fsp3) is 0.100. The number of methoxy groups -OCH3 is 1. The number of aryl methyl sites for hydroxylation is 1. The van der Waals surface area contributed by atoms with E-state index in [4.69, 9.17) is 4.74 Å². The SMILES string of the molecule is COc1ccc(-n2ccc(/C=C(\C(=O)O)c3cccc(C)c3)n2)cc1. The van der Waals surface area contributed by atoms with Gasteiger partial charge in [-0.25, -0.2) is 9.48 Å². The van der Waals surface area contributed by atoms with Crippen LogP contribution in [-0.4, -0.2) is 28.0 Å². The maximum Gasteiger partial charge on any atom is 0.336 e. The molecule has 0 saturated carbocycles. The number of carboxylic acid groups (broad SMARTS) is 1. The number of aromatic nitrogens is 2. The van der Waals surface area contributed by atoms with Crippen molar-refractivity contribution in [3.63, 3.8) is 0 Å². The van der Waals surface area contributed by atoms with E-state index < -0.39 is 5.97 Å². The number of carbonyl (C=O) groups is 1. The third kappa shape index (κ3) is 3.77. The molecule has 0 aliphatic rings. The normalized spacial score (nSPS) is 11.4. The highest BCUT2D eigenvalue weighted by molar-refractivity contribution is 6.20. The van der Waals surface area contributed by atoms with Gasteiger partial charge in [0.25, 0.3) is 0 Å². The Morgan fingerprint density at radius 1 is 1.16 bits per heavy atom. The van der Waals surface area contributed by atoms with Crippen LogP contribution >= 0.6 is 0 Å². The Bertz CT molecular complexity index is 924. The molecule has 5 nitrogen and oxygen atoms in total. The van der Waals surface area contributed by atoms with Crippen molar-refractivity contribution in [3.8, 4) is 11.4 Å². The summed E-state index contributed by atoms with van der Waals surface area (Å²) in [7, 11) is 1.62. The van der Waals surface area contributed by atoms with E-state index in [9.17, 15) is 9.90 Å². The highest BCUT2D eigenvalue weighted by atomic mass is 16.5. The Labute approximate surface area is 145 Å². The summed E-state index contributed by atoms with van der Waals surface area (Å²) in [6.07, 6.45) is 3.38. The molecule has 0 saturated heterocycles. The molecule has 5 heteroatoms. The van der Waals surface area contributed by atoms with Crippen molar-refractivity contribution in [2.45, 2.75) is 6.92 Å². The van der Waals surface area contributed by atoms with Gasteiger partial charge in [-0.2, -0.15) is 5.10 Å². The number of rotatable bonds is 5. The predicted octanol–water partition coefficient (Wildman–Crippen LogP) is 3.81. The molecule has 0 spiro atoms.